The number of carbonyl (C=O) groups excluding carboxylic acids is 1. The largest absolute Gasteiger partial charge is 0.416 e. The highest BCUT2D eigenvalue weighted by Gasteiger charge is 2.30. The van der Waals surface area contributed by atoms with E-state index in [1.165, 1.54) is 12.1 Å². The zero-order valence-electron chi connectivity index (χ0n) is 14.0. The fourth-order valence-electron chi connectivity index (χ4n) is 2.42. The van der Waals surface area contributed by atoms with Gasteiger partial charge in [0.25, 0.3) is 5.91 Å². The van der Waals surface area contributed by atoms with Crippen molar-refractivity contribution >= 4 is 22.9 Å². The van der Waals surface area contributed by atoms with E-state index in [-0.39, 0.29) is 5.91 Å². The maximum absolute atomic E-state index is 12.7. The van der Waals surface area contributed by atoms with Crippen molar-refractivity contribution in [3.8, 4) is 10.6 Å². The van der Waals surface area contributed by atoms with Gasteiger partial charge >= 0.3 is 6.18 Å². The van der Waals surface area contributed by atoms with E-state index in [1.54, 1.807) is 13.0 Å². The van der Waals surface area contributed by atoms with Crippen LogP contribution in [0.15, 0.2) is 48.5 Å². The number of carbonyl (C=O) groups is 1. The van der Waals surface area contributed by atoms with Crippen molar-refractivity contribution in [2.24, 2.45) is 0 Å². The van der Waals surface area contributed by atoms with Crippen LogP contribution in [-0.2, 0) is 6.18 Å². The molecule has 0 aliphatic heterocycles. The summed E-state index contributed by atoms with van der Waals surface area (Å²) in [4.78, 5) is 17.3. The normalized spacial score (nSPS) is 11.4. The number of alkyl halides is 3. The summed E-state index contributed by atoms with van der Waals surface area (Å²) in [5.41, 5.74) is 2.01. The Bertz CT molecular complexity index is 946. The van der Waals surface area contributed by atoms with Crippen molar-refractivity contribution in [1.82, 2.24) is 4.98 Å². The summed E-state index contributed by atoms with van der Waals surface area (Å²) < 4.78 is 38.0. The van der Waals surface area contributed by atoms with Crippen LogP contribution in [-0.4, -0.2) is 10.9 Å². The first-order valence-electron chi connectivity index (χ1n) is 7.78. The second-order valence-corrected chi connectivity index (χ2v) is 6.78. The van der Waals surface area contributed by atoms with Crippen molar-refractivity contribution in [2.75, 3.05) is 5.32 Å². The second kappa shape index (κ2) is 6.92. The highest BCUT2D eigenvalue weighted by molar-refractivity contribution is 7.17. The minimum absolute atomic E-state index is 0.285. The average molecular weight is 376 g/mol. The fourth-order valence-corrected chi connectivity index (χ4v) is 3.39. The highest BCUT2D eigenvalue weighted by atomic mass is 32.1. The van der Waals surface area contributed by atoms with E-state index in [0.717, 1.165) is 29.0 Å². The second-order valence-electron chi connectivity index (χ2n) is 5.78. The van der Waals surface area contributed by atoms with E-state index in [4.69, 9.17) is 0 Å². The Balaban J connectivity index is 1.85. The molecule has 3 rings (SSSR count). The molecule has 0 atom stereocenters. The molecule has 1 amide bonds. The number of rotatable bonds is 3. The Hall–Kier alpha value is -2.67. The summed E-state index contributed by atoms with van der Waals surface area (Å²) in [6.07, 6.45) is -4.38. The van der Waals surface area contributed by atoms with Gasteiger partial charge in [-0.1, -0.05) is 30.3 Å². The zero-order chi connectivity index (χ0) is 18.9. The summed E-state index contributed by atoms with van der Waals surface area (Å²) in [6.45, 7) is 3.60. The Labute approximate surface area is 152 Å². The number of thiazole rings is 1. The van der Waals surface area contributed by atoms with Crippen LogP contribution in [0.1, 0.15) is 26.5 Å². The molecule has 0 saturated carbocycles. The minimum atomic E-state index is -4.38. The molecule has 0 saturated heterocycles. The van der Waals surface area contributed by atoms with Gasteiger partial charge in [0, 0.05) is 11.3 Å². The van der Waals surface area contributed by atoms with Crippen LogP contribution in [0.2, 0.25) is 0 Å². The SMILES string of the molecule is Cc1ccccc1NC(=O)c1sc(-c2ccc(C(F)(F)F)cc2)nc1C. The van der Waals surface area contributed by atoms with E-state index >= 15 is 0 Å². The summed E-state index contributed by atoms with van der Waals surface area (Å²) in [5.74, 6) is -0.285. The lowest BCUT2D eigenvalue weighted by Gasteiger charge is -2.07. The molecular weight excluding hydrogens is 361 g/mol. The minimum Gasteiger partial charge on any atom is -0.321 e. The number of para-hydroxylation sites is 1. The molecule has 0 spiro atoms. The summed E-state index contributed by atoms with van der Waals surface area (Å²) >= 11 is 1.15. The summed E-state index contributed by atoms with van der Waals surface area (Å²) in [7, 11) is 0. The number of amides is 1. The molecule has 0 aliphatic carbocycles. The van der Waals surface area contributed by atoms with Gasteiger partial charge < -0.3 is 5.32 Å². The molecule has 1 N–H and O–H groups in total. The zero-order valence-corrected chi connectivity index (χ0v) is 14.8. The van der Waals surface area contributed by atoms with E-state index in [9.17, 15) is 18.0 Å². The molecule has 2 aromatic carbocycles. The third-order valence-corrected chi connectivity index (χ3v) is 5.06. The van der Waals surface area contributed by atoms with Gasteiger partial charge in [0.05, 0.1) is 11.3 Å². The predicted molar refractivity (Wildman–Crippen MR) is 96.4 cm³/mol. The standard InChI is InChI=1S/C19H15F3N2OS/c1-11-5-3-4-6-15(11)24-17(25)16-12(2)23-18(26-16)13-7-9-14(10-8-13)19(20,21)22/h3-10H,1-2H3,(H,24,25). The molecule has 7 heteroatoms. The lowest BCUT2D eigenvalue weighted by Crippen LogP contribution is -2.12. The molecular formula is C19H15F3N2OS. The molecule has 0 fully saturated rings. The summed E-state index contributed by atoms with van der Waals surface area (Å²) in [5, 5.41) is 3.35. The predicted octanol–water partition coefficient (Wildman–Crippen LogP) is 5.70. The van der Waals surface area contributed by atoms with Crippen molar-refractivity contribution in [3.05, 3.63) is 70.2 Å². The van der Waals surface area contributed by atoms with Gasteiger partial charge in [-0.05, 0) is 37.6 Å². The van der Waals surface area contributed by atoms with Crippen molar-refractivity contribution in [1.29, 1.82) is 0 Å². The van der Waals surface area contributed by atoms with E-state index in [1.807, 2.05) is 25.1 Å². The van der Waals surface area contributed by atoms with Gasteiger partial charge in [0.1, 0.15) is 9.88 Å². The van der Waals surface area contributed by atoms with E-state index in [2.05, 4.69) is 10.3 Å². The number of aryl methyl sites for hydroxylation is 2. The lowest BCUT2D eigenvalue weighted by molar-refractivity contribution is -0.137. The van der Waals surface area contributed by atoms with Crippen LogP contribution >= 0.6 is 11.3 Å². The Morgan fingerprint density at radius 2 is 1.69 bits per heavy atom. The van der Waals surface area contributed by atoms with Gasteiger partial charge in [-0.25, -0.2) is 4.98 Å². The van der Waals surface area contributed by atoms with E-state index < -0.39 is 11.7 Å². The Morgan fingerprint density at radius 1 is 1.04 bits per heavy atom. The average Bonchev–Trinajstić information content (AvgIpc) is 2.98. The van der Waals surface area contributed by atoms with Gasteiger partial charge in [-0.3, -0.25) is 4.79 Å². The number of halogens is 3. The summed E-state index contributed by atoms with van der Waals surface area (Å²) in [6, 6.07) is 12.2. The molecule has 0 aliphatic rings. The molecule has 1 aromatic heterocycles. The quantitative estimate of drug-likeness (QED) is 0.637. The third-order valence-electron chi connectivity index (χ3n) is 3.86. The van der Waals surface area contributed by atoms with Crippen LogP contribution in [0.25, 0.3) is 10.6 Å². The van der Waals surface area contributed by atoms with Crippen LogP contribution < -0.4 is 5.32 Å². The van der Waals surface area contributed by atoms with Gasteiger partial charge in [0.2, 0.25) is 0 Å². The molecule has 1 heterocycles. The number of hydrogen-bond donors (Lipinski definition) is 1. The monoisotopic (exact) mass is 376 g/mol. The van der Waals surface area contributed by atoms with Gasteiger partial charge in [-0.15, -0.1) is 11.3 Å². The van der Waals surface area contributed by atoms with Crippen molar-refractivity contribution in [3.63, 3.8) is 0 Å². The number of anilines is 1. The number of hydrogen-bond acceptors (Lipinski definition) is 3. The van der Waals surface area contributed by atoms with Crippen LogP contribution in [0, 0.1) is 13.8 Å². The first kappa shape index (κ1) is 18.1. The molecule has 0 bridgehead atoms. The number of benzene rings is 2. The van der Waals surface area contributed by atoms with Crippen molar-refractivity contribution in [2.45, 2.75) is 20.0 Å². The lowest BCUT2D eigenvalue weighted by atomic mass is 10.1. The smallest absolute Gasteiger partial charge is 0.321 e. The topological polar surface area (TPSA) is 42.0 Å². The number of nitrogens with zero attached hydrogens (tertiary/aromatic N) is 1. The first-order valence-corrected chi connectivity index (χ1v) is 8.59. The molecule has 3 nitrogen and oxygen atoms in total. The van der Waals surface area contributed by atoms with Gasteiger partial charge in [0.15, 0.2) is 0 Å². The molecule has 0 radical (unpaired) electrons. The number of nitrogens with one attached hydrogen (secondary N) is 1. The van der Waals surface area contributed by atoms with Crippen molar-refractivity contribution < 1.29 is 18.0 Å². The van der Waals surface area contributed by atoms with Gasteiger partial charge in [-0.2, -0.15) is 13.2 Å². The maximum atomic E-state index is 12.7. The Morgan fingerprint density at radius 3 is 2.31 bits per heavy atom. The number of aromatic nitrogens is 1. The molecule has 3 aromatic rings. The Kier molecular flexibility index (Phi) is 4.82. The van der Waals surface area contributed by atoms with Crippen LogP contribution in [0.3, 0.4) is 0 Å². The maximum Gasteiger partial charge on any atom is 0.416 e. The first-order chi connectivity index (χ1) is 12.3. The molecule has 0 unspecified atom stereocenters. The van der Waals surface area contributed by atoms with Crippen LogP contribution in [0.5, 0.6) is 0 Å². The molecule has 134 valence electrons. The van der Waals surface area contributed by atoms with E-state index in [0.29, 0.717) is 26.8 Å². The van der Waals surface area contributed by atoms with Crippen LogP contribution in [0.4, 0.5) is 18.9 Å². The highest BCUT2D eigenvalue weighted by Crippen LogP contribution is 2.33. The molecule has 26 heavy (non-hydrogen) atoms. The fraction of sp³-hybridized carbons (Fsp3) is 0.158. The third kappa shape index (κ3) is 3.77.